The summed E-state index contributed by atoms with van der Waals surface area (Å²) in [7, 11) is 5.00. The van der Waals surface area contributed by atoms with E-state index in [4.69, 9.17) is 14.2 Å². The zero-order valence-corrected chi connectivity index (χ0v) is 13.0. The van der Waals surface area contributed by atoms with E-state index in [1.54, 1.807) is 32.7 Å². The fraction of sp³-hybridized carbons (Fsp3) is 0.176. The van der Waals surface area contributed by atoms with Gasteiger partial charge in [0.1, 0.15) is 5.75 Å². The van der Waals surface area contributed by atoms with Gasteiger partial charge in [-0.3, -0.25) is 0 Å². The van der Waals surface area contributed by atoms with Crippen LogP contribution >= 0.6 is 11.3 Å². The van der Waals surface area contributed by atoms with Gasteiger partial charge in [0.15, 0.2) is 11.5 Å². The Balaban J connectivity index is 2.49. The third-order valence-electron chi connectivity index (χ3n) is 3.50. The van der Waals surface area contributed by atoms with Crippen molar-refractivity contribution in [1.29, 1.82) is 0 Å². The highest BCUT2D eigenvalue weighted by Crippen LogP contribution is 2.50. The summed E-state index contributed by atoms with van der Waals surface area (Å²) in [4.78, 5) is 0. The van der Waals surface area contributed by atoms with Crippen LogP contribution in [0.5, 0.6) is 17.2 Å². The highest BCUT2D eigenvalue weighted by atomic mass is 32.1. The Morgan fingerprint density at radius 1 is 0.762 bits per heavy atom. The molecule has 1 heterocycles. The van der Waals surface area contributed by atoms with Crippen LogP contribution in [-0.2, 0) is 0 Å². The van der Waals surface area contributed by atoms with E-state index in [1.807, 2.05) is 29.6 Å². The van der Waals surface area contributed by atoms with E-state index in [-0.39, 0.29) is 0 Å². The van der Waals surface area contributed by atoms with Crippen molar-refractivity contribution in [3.05, 3.63) is 41.1 Å². The summed E-state index contributed by atoms with van der Waals surface area (Å²) in [5.41, 5.74) is 1.99. The number of thiophene rings is 1. The number of fused-ring (bicyclic) bond motifs is 1. The van der Waals surface area contributed by atoms with Crippen LogP contribution in [0.2, 0.25) is 0 Å². The standard InChI is InChI=1S/C17H16O3S/c1-18-15-12-6-4-5-7-13(12)16(19-2)17(20-3)14(15)11-8-9-21-10-11/h4-10H,1-3H3. The monoisotopic (exact) mass is 300 g/mol. The van der Waals surface area contributed by atoms with Crippen molar-refractivity contribution in [2.24, 2.45) is 0 Å². The minimum atomic E-state index is 0.700. The Morgan fingerprint density at radius 3 is 1.90 bits per heavy atom. The average molecular weight is 300 g/mol. The van der Waals surface area contributed by atoms with Gasteiger partial charge in [-0.2, -0.15) is 11.3 Å². The van der Waals surface area contributed by atoms with Crippen molar-refractivity contribution in [1.82, 2.24) is 0 Å². The molecule has 0 saturated heterocycles. The van der Waals surface area contributed by atoms with Crippen LogP contribution in [0.15, 0.2) is 41.1 Å². The van der Waals surface area contributed by atoms with Crippen LogP contribution in [-0.4, -0.2) is 21.3 Å². The highest BCUT2D eigenvalue weighted by molar-refractivity contribution is 7.08. The molecule has 0 amide bonds. The molecule has 0 aliphatic heterocycles. The lowest BCUT2D eigenvalue weighted by Gasteiger charge is -2.19. The third kappa shape index (κ3) is 2.12. The molecular weight excluding hydrogens is 284 g/mol. The molecule has 4 heteroatoms. The summed E-state index contributed by atoms with van der Waals surface area (Å²) in [5, 5.41) is 6.11. The normalized spacial score (nSPS) is 10.6. The van der Waals surface area contributed by atoms with Gasteiger partial charge in [-0.25, -0.2) is 0 Å². The fourth-order valence-electron chi connectivity index (χ4n) is 2.63. The fourth-order valence-corrected chi connectivity index (χ4v) is 3.28. The first kappa shape index (κ1) is 13.8. The van der Waals surface area contributed by atoms with Gasteiger partial charge in [-0.05, 0) is 22.4 Å². The van der Waals surface area contributed by atoms with E-state index in [2.05, 4.69) is 11.4 Å². The Morgan fingerprint density at radius 2 is 1.38 bits per heavy atom. The van der Waals surface area contributed by atoms with E-state index in [0.717, 1.165) is 33.4 Å². The largest absolute Gasteiger partial charge is 0.495 e. The van der Waals surface area contributed by atoms with Crippen LogP contribution in [0, 0.1) is 0 Å². The highest BCUT2D eigenvalue weighted by Gasteiger charge is 2.22. The van der Waals surface area contributed by atoms with E-state index in [0.29, 0.717) is 5.75 Å². The molecule has 108 valence electrons. The SMILES string of the molecule is COc1c(-c2ccsc2)c(OC)c2ccccc2c1OC. The first-order valence-electron chi connectivity index (χ1n) is 6.55. The van der Waals surface area contributed by atoms with E-state index >= 15 is 0 Å². The molecule has 0 aliphatic rings. The lowest BCUT2D eigenvalue weighted by atomic mass is 9.99. The minimum absolute atomic E-state index is 0.700. The van der Waals surface area contributed by atoms with Gasteiger partial charge in [0.2, 0.25) is 0 Å². The molecule has 3 rings (SSSR count). The van der Waals surface area contributed by atoms with Gasteiger partial charge in [0.05, 0.1) is 26.9 Å². The number of benzene rings is 2. The molecule has 3 aromatic rings. The molecule has 0 unspecified atom stereocenters. The molecule has 0 spiro atoms. The summed E-state index contributed by atoms with van der Waals surface area (Å²) >= 11 is 1.64. The van der Waals surface area contributed by atoms with Crippen molar-refractivity contribution in [3.8, 4) is 28.4 Å². The van der Waals surface area contributed by atoms with Crippen LogP contribution in [0.4, 0.5) is 0 Å². The molecule has 3 nitrogen and oxygen atoms in total. The Kier molecular flexibility index (Phi) is 3.71. The molecule has 0 saturated carbocycles. The number of methoxy groups -OCH3 is 3. The number of hydrogen-bond donors (Lipinski definition) is 0. The van der Waals surface area contributed by atoms with Crippen molar-refractivity contribution in [2.45, 2.75) is 0 Å². The van der Waals surface area contributed by atoms with Crippen molar-refractivity contribution in [3.63, 3.8) is 0 Å². The molecule has 0 radical (unpaired) electrons. The second-order valence-corrected chi connectivity index (χ2v) is 5.31. The third-order valence-corrected chi connectivity index (χ3v) is 4.18. The van der Waals surface area contributed by atoms with Crippen LogP contribution in [0.3, 0.4) is 0 Å². The van der Waals surface area contributed by atoms with E-state index in [9.17, 15) is 0 Å². The molecule has 0 bridgehead atoms. The second kappa shape index (κ2) is 5.66. The number of ether oxygens (including phenoxy) is 3. The Labute approximate surface area is 127 Å². The van der Waals surface area contributed by atoms with Gasteiger partial charge in [0.25, 0.3) is 0 Å². The van der Waals surface area contributed by atoms with Crippen LogP contribution in [0.1, 0.15) is 0 Å². The van der Waals surface area contributed by atoms with Gasteiger partial charge in [-0.15, -0.1) is 0 Å². The molecule has 1 aromatic heterocycles. The van der Waals surface area contributed by atoms with E-state index in [1.165, 1.54) is 0 Å². The maximum Gasteiger partial charge on any atom is 0.172 e. The van der Waals surface area contributed by atoms with Gasteiger partial charge < -0.3 is 14.2 Å². The number of rotatable bonds is 4. The molecule has 0 N–H and O–H groups in total. The topological polar surface area (TPSA) is 27.7 Å². The van der Waals surface area contributed by atoms with Gasteiger partial charge in [-0.1, -0.05) is 24.3 Å². The molecule has 0 aliphatic carbocycles. The Bertz CT molecular complexity index is 763. The zero-order valence-electron chi connectivity index (χ0n) is 12.2. The molecule has 2 aromatic carbocycles. The van der Waals surface area contributed by atoms with Crippen molar-refractivity contribution in [2.75, 3.05) is 21.3 Å². The first-order chi connectivity index (χ1) is 10.3. The minimum Gasteiger partial charge on any atom is -0.495 e. The zero-order chi connectivity index (χ0) is 14.8. The smallest absolute Gasteiger partial charge is 0.172 e. The summed E-state index contributed by atoms with van der Waals surface area (Å²) in [6.45, 7) is 0. The summed E-state index contributed by atoms with van der Waals surface area (Å²) < 4.78 is 16.9. The molecular formula is C17H16O3S. The van der Waals surface area contributed by atoms with E-state index < -0.39 is 0 Å². The second-order valence-electron chi connectivity index (χ2n) is 4.53. The molecule has 0 atom stereocenters. The molecule has 0 fully saturated rings. The number of hydrogen-bond acceptors (Lipinski definition) is 4. The quantitative estimate of drug-likeness (QED) is 0.705. The van der Waals surface area contributed by atoms with Crippen LogP contribution in [0.25, 0.3) is 21.9 Å². The summed E-state index contributed by atoms with van der Waals surface area (Å²) in [6.07, 6.45) is 0. The predicted octanol–water partition coefficient (Wildman–Crippen LogP) is 4.59. The van der Waals surface area contributed by atoms with Gasteiger partial charge in [0, 0.05) is 10.8 Å². The van der Waals surface area contributed by atoms with Crippen LogP contribution < -0.4 is 14.2 Å². The van der Waals surface area contributed by atoms with Crippen molar-refractivity contribution < 1.29 is 14.2 Å². The Hall–Kier alpha value is -2.20. The lowest BCUT2D eigenvalue weighted by molar-refractivity contribution is 0.355. The summed E-state index contributed by atoms with van der Waals surface area (Å²) in [5.74, 6) is 2.24. The summed E-state index contributed by atoms with van der Waals surface area (Å²) in [6, 6.07) is 10.1. The lowest BCUT2D eigenvalue weighted by Crippen LogP contribution is -1.98. The van der Waals surface area contributed by atoms with Gasteiger partial charge >= 0.3 is 0 Å². The average Bonchev–Trinajstić information content (AvgIpc) is 3.06. The first-order valence-corrected chi connectivity index (χ1v) is 7.49. The molecule has 21 heavy (non-hydrogen) atoms. The predicted molar refractivity (Wildman–Crippen MR) is 86.9 cm³/mol. The maximum absolute atomic E-state index is 5.69. The van der Waals surface area contributed by atoms with Crippen molar-refractivity contribution >= 4 is 22.1 Å². The maximum atomic E-state index is 5.69.